The van der Waals surface area contributed by atoms with E-state index in [1.54, 1.807) is 18.2 Å². The largest absolute Gasteiger partial charge is 0.495 e. The van der Waals surface area contributed by atoms with Crippen LogP contribution in [-0.2, 0) is 6.42 Å². The zero-order valence-electron chi connectivity index (χ0n) is 21.8. The van der Waals surface area contributed by atoms with Crippen LogP contribution in [0.5, 0.6) is 17.2 Å². The number of methoxy groups -OCH3 is 2. The van der Waals surface area contributed by atoms with E-state index in [1.807, 2.05) is 19.9 Å². The number of amides is 2. The maximum atomic E-state index is 13.2. The van der Waals surface area contributed by atoms with Crippen LogP contribution >= 0.6 is 23.2 Å². The fourth-order valence-electron chi connectivity index (χ4n) is 3.97. The zero-order chi connectivity index (χ0) is 28.1. The molecular weight excluding hydrogens is 543 g/mol. The summed E-state index contributed by atoms with van der Waals surface area (Å²) in [5.41, 5.74) is 1.94. The molecule has 1 N–H and O–H groups in total. The number of halogens is 2. The second kappa shape index (κ2) is 12.2. The van der Waals surface area contributed by atoms with Gasteiger partial charge in [-0.15, -0.1) is 0 Å². The van der Waals surface area contributed by atoms with E-state index >= 15 is 0 Å². The summed E-state index contributed by atoms with van der Waals surface area (Å²) in [6.07, 6.45) is 3.51. The Morgan fingerprint density at radius 2 is 1.82 bits per heavy atom. The van der Waals surface area contributed by atoms with Gasteiger partial charge in [0, 0.05) is 24.9 Å². The SMILES string of the molecule is COc1cc(OC)c(Cl)c(C#Cc2cnc(NC(=O)N3CCCc4ccc(C=O)nc43)cc2OC(C)C)c1Cl. The normalized spacial score (nSPS) is 12.2. The van der Waals surface area contributed by atoms with E-state index in [4.69, 9.17) is 37.4 Å². The van der Waals surface area contributed by atoms with Crippen LogP contribution in [0.1, 0.15) is 47.4 Å². The highest BCUT2D eigenvalue weighted by Gasteiger charge is 2.25. The molecule has 0 unspecified atom stereocenters. The van der Waals surface area contributed by atoms with Crippen LogP contribution in [0.3, 0.4) is 0 Å². The van der Waals surface area contributed by atoms with Crippen molar-refractivity contribution in [2.75, 3.05) is 31.0 Å². The third-order valence-corrected chi connectivity index (χ3v) is 6.54. The number of benzene rings is 1. The number of aryl methyl sites for hydroxylation is 1. The summed E-state index contributed by atoms with van der Waals surface area (Å²) in [7, 11) is 2.97. The number of ether oxygens (including phenoxy) is 3. The molecule has 39 heavy (non-hydrogen) atoms. The first-order valence-corrected chi connectivity index (χ1v) is 12.8. The highest BCUT2D eigenvalue weighted by Crippen LogP contribution is 2.40. The minimum absolute atomic E-state index is 0.180. The summed E-state index contributed by atoms with van der Waals surface area (Å²) in [6.45, 7) is 4.20. The molecule has 11 heteroatoms. The van der Waals surface area contributed by atoms with E-state index in [1.165, 1.54) is 25.3 Å². The fourth-order valence-corrected chi connectivity index (χ4v) is 4.57. The number of nitrogens with one attached hydrogen (secondary N) is 1. The van der Waals surface area contributed by atoms with Crippen LogP contribution in [0.2, 0.25) is 10.0 Å². The van der Waals surface area contributed by atoms with Crippen molar-refractivity contribution >= 4 is 47.2 Å². The van der Waals surface area contributed by atoms with Gasteiger partial charge < -0.3 is 14.2 Å². The molecule has 9 nitrogen and oxygen atoms in total. The topological polar surface area (TPSA) is 103 Å². The number of aromatic nitrogens is 2. The Hall–Kier alpha value is -4.00. The maximum absolute atomic E-state index is 13.2. The first-order valence-electron chi connectivity index (χ1n) is 12.1. The Morgan fingerprint density at radius 1 is 1.10 bits per heavy atom. The Bertz CT molecular complexity index is 1450. The quantitative estimate of drug-likeness (QED) is 0.296. The molecule has 3 heterocycles. The van der Waals surface area contributed by atoms with Crippen molar-refractivity contribution in [3.63, 3.8) is 0 Å². The zero-order valence-corrected chi connectivity index (χ0v) is 23.3. The van der Waals surface area contributed by atoms with E-state index in [9.17, 15) is 9.59 Å². The molecule has 0 saturated carbocycles. The van der Waals surface area contributed by atoms with E-state index < -0.39 is 6.03 Å². The molecule has 202 valence electrons. The Labute approximate surface area is 236 Å². The maximum Gasteiger partial charge on any atom is 0.328 e. The summed E-state index contributed by atoms with van der Waals surface area (Å²) in [6, 6.07) is 6.22. The lowest BCUT2D eigenvalue weighted by molar-refractivity contribution is 0.111. The van der Waals surface area contributed by atoms with Gasteiger partial charge in [0.2, 0.25) is 0 Å². The summed E-state index contributed by atoms with van der Waals surface area (Å²) in [4.78, 5) is 34.6. The van der Waals surface area contributed by atoms with E-state index in [0.717, 1.165) is 18.4 Å². The molecule has 0 spiro atoms. The van der Waals surface area contributed by atoms with Gasteiger partial charge in [0.1, 0.15) is 34.6 Å². The molecule has 3 aromatic rings. The first-order chi connectivity index (χ1) is 18.7. The molecule has 0 bridgehead atoms. The summed E-state index contributed by atoms with van der Waals surface area (Å²) in [5, 5.41) is 3.28. The number of rotatable bonds is 6. The molecule has 0 radical (unpaired) electrons. The van der Waals surface area contributed by atoms with Gasteiger partial charge in [-0.3, -0.25) is 15.0 Å². The number of pyridine rings is 2. The summed E-state index contributed by atoms with van der Waals surface area (Å²) in [5.74, 6) is 7.84. The number of aldehydes is 1. The molecule has 4 rings (SSSR count). The molecule has 1 aliphatic rings. The third kappa shape index (κ3) is 6.19. The molecule has 0 saturated heterocycles. The Balaban J connectivity index is 1.65. The number of nitrogens with zero attached hydrogens (tertiary/aromatic N) is 3. The fraction of sp³-hybridized carbons (Fsp3) is 0.286. The summed E-state index contributed by atoms with van der Waals surface area (Å²) < 4.78 is 16.6. The molecular formula is C28H26Cl2N4O5. The molecule has 2 aromatic heterocycles. The van der Waals surface area contributed by atoms with Gasteiger partial charge in [0.05, 0.1) is 41.5 Å². The smallest absolute Gasteiger partial charge is 0.328 e. The van der Waals surface area contributed by atoms with Crippen LogP contribution in [0.15, 0.2) is 30.5 Å². The minimum Gasteiger partial charge on any atom is -0.495 e. The summed E-state index contributed by atoms with van der Waals surface area (Å²) >= 11 is 12.9. The Kier molecular flexibility index (Phi) is 8.79. The average Bonchev–Trinajstić information content (AvgIpc) is 2.93. The van der Waals surface area contributed by atoms with Crippen LogP contribution in [0.25, 0.3) is 0 Å². The van der Waals surface area contributed by atoms with Crippen LogP contribution in [0, 0.1) is 11.8 Å². The first kappa shape index (κ1) is 28.0. The third-order valence-electron chi connectivity index (χ3n) is 5.79. The molecule has 0 aliphatic carbocycles. The molecule has 2 amide bonds. The van der Waals surface area contributed by atoms with Crippen molar-refractivity contribution in [1.29, 1.82) is 0 Å². The number of hydrogen-bond acceptors (Lipinski definition) is 7. The van der Waals surface area contributed by atoms with Crippen molar-refractivity contribution in [2.24, 2.45) is 0 Å². The van der Waals surface area contributed by atoms with Gasteiger partial charge in [-0.2, -0.15) is 0 Å². The minimum atomic E-state index is -0.421. The van der Waals surface area contributed by atoms with Crippen LogP contribution in [0.4, 0.5) is 16.4 Å². The molecule has 0 atom stereocenters. The van der Waals surface area contributed by atoms with Crippen molar-refractivity contribution in [1.82, 2.24) is 9.97 Å². The van der Waals surface area contributed by atoms with E-state index in [-0.39, 0.29) is 27.7 Å². The number of anilines is 2. The predicted octanol–water partition coefficient (Wildman–Crippen LogP) is 5.78. The second-order valence-corrected chi connectivity index (χ2v) is 9.54. The van der Waals surface area contributed by atoms with E-state index in [2.05, 4.69) is 27.1 Å². The standard InChI is InChI=1S/C28H26Cl2N4O5/c1-16(2)39-21-13-24(33-28(36)34-11-5-6-17-7-9-19(15-35)32-27(17)34)31-14-18(21)8-10-20-25(29)22(37-3)12-23(38-4)26(20)30/h7,9,12-16H,5-6,11H2,1-4H3,(H,31,33,36). The van der Waals surface area contributed by atoms with Gasteiger partial charge in [-0.25, -0.2) is 14.8 Å². The van der Waals surface area contributed by atoms with Gasteiger partial charge in [-0.1, -0.05) is 41.1 Å². The van der Waals surface area contributed by atoms with Gasteiger partial charge in [0.15, 0.2) is 6.29 Å². The van der Waals surface area contributed by atoms with Crippen molar-refractivity contribution in [2.45, 2.75) is 32.8 Å². The van der Waals surface area contributed by atoms with Crippen molar-refractivity contribution in [3.05, 3.63) is 62.9 Å². The number of carbonyl (C=O) groups excluding carboxylic acids is 2. The lowest BCUT2D eigenvalue weighted by atomic mass is 10.1. The highest BCUT2D eigenvalue weighted by atomic mass is 35.5. The molecule has 0 fully saturated rings. The number of carbonyl (C=O) groups is 2. The van der Waals surface area contributed by atoms with Gasteiger partial charge in [-0.05, 0) is 38.3 Å². The van der Waals surface area contributed by atoms with Crippen LogP contribution < -0.4 is 24.4 Å². The van der Waals surface area contributed by atoms with Crippen molar-refractivity contribution < 1.29 is 23.8 Å². The highest BCUT2D eigenvalue weighted by molar-refractivity contribution is 6.38. The number of urea groups is 1. The van der Waals surface area contributed by atoms with Crippen molar-refractivity contribution in [3.8, 4) is 29.1 Å². The lowest BCUT2D eigenvalue weighted by Crippen LogP contribution is -2.39. The van der Waals surface area contributed by atoms with E-state index in [0.29, 0.717) is 47.0 Å². The number of hydrogen-bond donors (Lipinski definition) is 1. The van der Waals surface area contributed by atoms with Crippen LogP contribution in [-0.4, -0.2) is 49.2 Å². The monoisotopic (exact) mass is 568 g/mol. The van der Waals surface area contributed by atoms with Gasteiger partial charge >= 0.3 is 6.03 Å². The number of fused-ring (bicyclic) bond motifs is 1. The predicted molar refractivity (Wildman–Crippen MR) is 150 cm³/mol. The van der Waals surface area contributed by atoms with Gasteiger partial charge in [0.25, 0.3) is 0 Å². The molecule has 1 aromatic carbocycles. The average molecular weight is 569 g/mol. The Morgan fingerprint density at radius 3 is 2.46 bits per heavy atom. The second-order valence-electron chi connectivity index (χ2n) is 8.79. The lowest BCUT2D eigenvalue weighted by Gasteiger charge is -2.28. The molecule has 1 aliphatic heterocycles.